The first-order valence-electron chi connectivity index (χ1n) is 6.16. The van der Waals surface area contributed by atoms with Gasteiger partial charge < -0.3 is 9.47 Å². The van der Waals surface area contributed by atoms with Crippen LogP contribution in [0.4, 0.5) is 0 Å². The Morgan fingerprint density at radius 1 is 1.37 bits per heavy atom. The second-order valence-corrected chi connectivity index (χ2v) is 5.46. The molecule has 0 spiro atoms. The van der Waals surface area contributed by atoms with E-state index in [-0.39, 0.29) is 12.1 Å². The molecule has 19 heavy (non-hydrogen) atoms. The number of carbonyl (C=O) groups excluding carboxylic acids is 1. The number of benzene rings is 2. The minimum absolute atomic E-state index is 0.167. The predicted molar refractivity (Wildman–Crippen MR) is 76.6 cm³/mol. The van der Waals surface area contributed by atoms with Crippen LogP contribution in [0.5, 0.6) is 5.75 Å². The summed E-state index contributed by atoms with van der Waals surface area (Å²) in [5, 5.41) is 1.97. The molecule has 1 heterocycles. The molecule has 1 aliphatic heterocycles. The van der Waals surface area contributed by atoms with Gasteiger partial charge in [0.1, 0.15) is 17.4 Å². The molecular weight excluding hydrogens is 308 g/mol. The highest BCUT2D eigenvalue weighted by atomic mass is 79.9. The normalized spacial score (nSPS) is 17.4. The number of cyclic esters (lactones) is 1. The van der Waals surface area contributed by atoms with Gasteiger partial charge >= 0.3 is 5.97 Å². The Morgan fingerprint density at radius 3 is 2.84 bits per heavy atom. The molecule has 0 aliphatic carbocycles. The first-order valence-corrected chi connectivity index (χ1v) is 6.96. The number of fused-ring (bicyclic) bond motifs is 2. The minimum Gasteiger partial charge on any atom is -0.495 e. The maximum absolute atomic E-state index is 12.0. The molecule has 0 saturated carbocycles. The smallest absolute Gasteiger partial charge is 0.342 e. The van der Waals surface area contributed by atoms with E-state index in [1.54, 1.807) is 7.11 Å². The standard InChI is InChI=1S/C15H13BrO3/c1-3-12-11-7-8-6-9(16)4-5-10(8)14(18-2)13(11)15(17)19-12/h4-7,12H,3H2,1-2H3. The largest absolute Gasteiger partial charge is 0.495 e. The van der Waals surface area contributed by atoms with E-state index in [4.69, 9.17) is 9.47 Å². The lowest BCUT2D eigenvalue weighted by Crippen LogP contribution is -1.99. The van der Waals surface area contributed by atoms with E-state index in [2.05, 4.69) is 15.9 Å². The third kappa shape index (κ3) is 1.82. The number of carbonyl (C=O) groups is 1. The lowest BCUT2D eigenvalue weighted by Gasteiger charge is -2.11. The van der Waals surface area contributed by atoms with Crippen LogP contribution in [0.3, 0.4) is 0 Å². The highest BCUT2D eigenvalue weighted by molar-refractivity contribution is 9.10. The lowest BCUT2D eigenvalue weighted by atomic mass is 9.97. The molecule has 2 aromatic carbocycles. The summed E-state index contributed by atoms with van der Waals surface area (Å²) in [7, 11) is 1.59. The summed E-state index contributed by atoms with van der Waals surface area (Å²) >= 11 is 3.46. The summed E-state index contributed by atoms with van der Waals surface area (Å²) in [5.41, 5.74) is 1.50. The molecule has 98 valence electrons. The summed E-state index contributed by atoms with van der Waals surface area (Å²) in [6.07, 6.45) is 0.598. The summed E-state index contributed by atoms with van der Waals surface area (Å²) in [6, 6.07) is 7.94. The van der Waals surface area contributed by atoms with E-state index in [1.165, 1.54) is 0 Å². The van der Waals surface area contributed by atoms with Crippen molar-refractivity contribution in [3.05, 3.63) is 39.9 Å². The van der Waals surface area contributed by atoms with Crippen molar-refractivity contribution < 1.29 is 14.3 Å². The van der Waals surface area contributed by atoms with Crippen molar-refractivity contribution in [2.75, 3.05) is 7.11 Å². The number of hydrogen-bond acceptors (Lipinski definition) is 3. The van der Waals surface area contributed by atoms with Crippen molar-refractivity contribution in [1.29, 1.82) is 0 Å². The third-order valence-electron chi connectivity index (χ3n) is 3.46. The Hall–Kier alpha value is -1.55. The van der Waals surface area contributed by atoms with E-state index in [0.29, 0.717) is 11.3 Å². The van der Waals surface area contributed by atoms with Crippen molar-refractivity contribution >= 4 is 32.7 Å². The van der Waals surface area contributed by atoms with Crippen LogP contribution in [0.15, 0.2) is 28.7 Å². The van der Waals surface area contributed by atoms with E-state index in [1.807, 2.05) is 31.2 Å². The van der Waals surface area contributed by atoms with Crippen LogP contribution in [0.25, 0.3) is 10.8 Å². The molecular formula is C15H13BrO3. The Balaban J connectivity index is 2.38. The topological polar surface area (TPSA) is 35.5 Å². The Bertz CT molecular complexity index is 679. The van der Waals surface area contributed by atoms with E-state index < -0.39 is 0 Å². The summed E-state index contributed by atoms with van der Waals surface area (Å²) in [6.45, 7) is 2.00. The predicted octanol–water partition coefficient (Wildman–Crippen LogP) is 4.23. The van der Waals surface area contributed by atoms with Gasteiger partial charge in [-0.3, -0.25) is 0 Å². The fourth-order valence-corrected chi connectivity index (χ4v) is 2.98. The number of halogens is 1. The van der Waals surface area contributed by atoms with Crippen LogP contribution >= 0.6 is 15.9 Å². The molecule has 3 rings (SSSR count). The molecule has 0 bridgehead atoms. The van der Waals surface area contributed by atoms with E-state index in [9.17, 15) is 4.79 Å². The fourth-order valence-electron chi connectivity index (χ4n) is 2.60. The molecule has 0 fully saturated rings. The van der Waals surface area contributed by atoms with Gasteiger partial charge in [-0.15, -0.1) is 0 Å². The molecule has 3 nitrogen and oxygen atoms in total. The summed E-state index contributed by atoms with van der Waals surface area (Å²) < 4.78 is 11.9. The Kier molecular flexibility index (Phi) is 2.97. The van der Waals surface area contributed by atoms with Gasteiger partial charge in [0.2, 0.25) is 0 Å². The zero-order valence-electron chi connectivity index (χ0n) is 10.7. The van der Waals surface area contributed by atoms with Crippen LogP contribution in [0.1, 0.15) is 35.4 Å². The Morgan fingerprint density at radius 2 is 2.16 bits per heavy atom. The first kappa shape index (κ1) is 12.5. The number of hydrogen-bond donors (Lipinski definition) is 0. The second kappa shape index (κ2) is 4.53. The van der Waals surface area contributed by atoms with Crippen LogP contribution < -0.4 is 4.74 Å². The van der Waals surface area contributed by atoms with Crippen molar-refractivity contribution in [2.24, 2.45) is 0 Å². The van der Waals surface area contributed by atoms with Crippen LogP contribution in [0.2, 0.25) is 0 Å². The van der Waals surface area contributed by atoms with Crippen molar-refractivity contribution in [3.63, 3.8) is 0 Å². The zero-order chi connectivity index (χ0) is 13.6. The average Bonchev–Trinajstić information content (AvgIpc) is 2.72. The van der Waals surface area contributed by atoms with Gasteiger partial charge in [0.15, 0.2) is 0 Å². The monoisotopic (exact) mass is 320 g/mol. The summed E-state index contributed by atoms with van der Waals surface area (Å²) in [5.74, 6) is 0.324. The van der Waals surface area contributed by atoms with Gasteiger partial charge in [0, 0.05) is 15.4 Å². The molecule has 1 aliphatic rings. The van der Waals surface area contributed by atoms with Gasteiger partial charge in [0.05, 0.1) is 7.11 Å². The van der Waals surface area contributed by atoms with Crippen molar-refractivity contribution in [2.45, 2.75) is 19.4 Å². The molecule has 1 atom stereocenters. The van der Waals surface area contributed by atoms with Crippen molar-refractivity contribution in [1.82, 2.24) is 0 Å². The molecule has 0 saturated heterocycles. The number of esters is 1. The fraction of sp³-hybridized carbons (Fsp3) is 0.267. The third-order valence-corrected chi connectivity index (χ3v) is 3.95. The highest BCUT2D eigenvalue weighted by Gasteiger charge is 2.34. The van der Waals surface area contributed by atoms with Crippen LogP contribution in [0, 0.1) is 0 Å². The maximum Gasteiger partial charge on any atom is 0.342 e. The number of ether oxygens (including phenoxy) is 2. The van der Waals surface area contributed by atoms with E-state index in [0.717, 1.165) is 27.2 Å². The first-order chi connectivity index (χ1) is 9.15. The number of methoxy groups -OCH3 is 1. The molecule has 1 unspecified atom stereocenters. The van der Waals surface area contributed by atoms with Gasteiger partial charge in [-0.25, -0.2) is 4.79 Å². The summed E-state index contributed by atoms with van der Waals surface area (Å²) in [4.78, 5) is 12.0. The van der Waals surface area contributed by atoms with Gasteiger partial charge in [-0.1, -0.05) is 22.9 Å². The number of rotatable bonds is 2. The molecule has 4 heteroatoms. The van der Waals surface area contributed by atoms with Crippen LogP contribution in [-0.4, -0.2) is 13.1 Å². The van der Waals surface area contributed by atoms with Crippen LogP contribution in [-0.2, 0) is 4.74 Å². The molecule has 0 radical (unpaired) electrons. The average molecular weight is 321 g/mol. The van der Waals surface area contributed by atoms with E-state index >= 15 is 0 Å². The van der Waals surface area contributed by atoms with Gasteiger partial charge in [0.25, 0.3) is 0 Å². The molecule has 2 aromatic rings. The van der Waals surface area contributed by atoms with Gasteiger partial charge in [-0.2, -0.15) is 0 Å². The molecule has 0 amide bonds. The minimum atomic E-state index is -0.288. The Labute approximate surface area is 119 Å². The highest BCUT2D eigenvalue weighted by Crippen LogP contribution is 2.43. The lowest BCUT2D eigenvalue weighted by molar-refractivity contribution is 0.0377. The molecule has 0 N–H and O–H groups in total. The maximum atomic E-state index is 12.0. The SMILES string of the molecule is CCC1OC(=O)c2c1cc1cc(Br)ccc1c2OC. The van der Waals surface area contributed by atoms with Crippen molar-refractivity contribution in [3.8, 4) is 5.75 Å². The quantitative estimate of drug-likeness (QED) is 0.777. The molecule has 0 aromatic heterocycles. The second-order valence-electron chi connectivity index (χ2n) is 4.54. The van der Waals surface area contributed by atoms with Gasteiger partial charge in [-0.05, 0) is 36.1 Å². The zero-order valence-corrected chi connectivity index (χ0v) is 12.3.